The lowest BCUT2D eigenvalue weighted by Gasteiger charge is -2.25. The third-order valence-corrected chi connectivity index (χ3v) is 7.94. The van der Waals surface area contributed by atoms with E-state index < -0.39 is 9.84 Å². The third kappa shape index (κ3) is 3.45. The van der Waals surface area contributed by atoms with Crippen LogP contribution in [0.2, 0.25) is 0 Å². The Hall–Kier alpha value is -1.31. The van der Waals surface area contributed by atoms with Gasteiger partial charge < -0.3 is 4.57 Å². The molecule has 0 saturated carbocycles. The molecule has 0 radical (unpaired) electrons. The molecule has 3 heterocycles. The zero-order valence-electron chi connectivity index (χ0n) is 15.3. The maximum absolute atomic E-state index is 12.5. The van der Waals surface area contributed by atoms with Crippen molar-refractivity contribution < 1.29 is 8.42 Å². The number of halogens is 1. The second-order valence-corrected chi connectivity index (χ2v) is 10.9. The minimum absolute atomic E-state index is 0.379. The highest BCUT2D eigenvalue weighted by Crippen LogP contribution is 2.46. The molecule has 0 fully saturated rings. The highest BCUT2D eigenvalue weighted by Gasteiger charge is 2.30. The van der Waals surface area contributed by atoms with Crippen LogP contribution in [0.3, 0.4) is 0 Å². The first-order valence-electron chi connectivity index (χ1n) is 9.04. The fourth-order valence-electron chi connectivity index (χ4n) is 3.91. The molecule has 4 nitrogen and oxygen atoms in total. The molecule has 0 bridgehead atoms. The van der Waals surface area contributed by atoms with Crippen LogP contribution in [0.5, 0.6) is 0 Å². The molecule has 3 aromatic rings. The van der Waals surface area contributed by atoms with E-state index in [-0.39, 0.29) is 0 Å². The minimum atomic E-state index is -3.35. The predicted molar refractivity (Wildman–Crippen MR) is 113 cm³/mol. The normalized spacial score (nSPS) is 17.2. The van der Waals surface area contributed by atoms with Gasteiger partial charge in [0.05, 0.1) is 10.3 Å². The van der Waals surface area contributed by atoms with E-state index in [1.165, 1.54) is 11.9 Å². The number of fused-ring (bicyclic) bond motifs is 3. The topological polar surface area (TPSA) is 52.0 Å². The highest BCUT2D eigenvalue weighted by atomic mass is 79.9. The van der Waals surface area contributed by atoms with E-state index in [0.717, 1.165) is 51.1 Å². The fraction of sp³-hybridized carbons (Fsp3) is 0.350. The molecular weight excluding hydrogens is 444 g/mol. The van der Waals surface area contributed by atoms with Crippen molar-refractivity contribution in [3.63, 3.8) is 0 Å². The average molecular weight is 465 g/mol. The molecule has 2 aromatic heterocycles. The van der Waals surface area contributed by atoms with Gasteiger partial charge in [-0.2, -0.15) is 0 Å². The molecule has 4 rings (SSSR count). The van der Waals surface area contributed by atoms with Crippen LogP contribution in [0.4, 0.5) is 0 Å². The summed E-state index contributed by atoms with van der Waals surface area (Å²) in [6.07, 6.45) is 6.18. The Morgan fingerprint density at radius 1 is 1.26 bits per heavy atom. The Morgan fingerprint density at radius 2 is 2.00 bits per heavy atom. The number of benzene rings is 1. The van der Waals surface area contributed by atoms with E-state index in [1.807, 2.05) is 12.1 Å². The van der Waals surface area contributed by atoms with E-state index in [9.17, 15) is 8.42 Å². The van der Waals surface area contributed by atoms with Crippen LogP contribution >= 0.6 is 27.7 Å². The minimum Gasteiger partial charge on any atom is -0.328 e. The summed E-state index contributed by atoms with van der Waals surface area (Å²) < 4.78 is 28.3. The monoisotopic (exact) mass is 464 g/mol. The Balaban J connectivity index is 2.03. The zero-order valence-corrected chi connectivity index (χ0v) is 18.5. The Morgan fingerprint density at radius 3 is 2.67 bits per heavy atom. The molecule has 142 valence electrons. The average Bonchev–Trinajstić information content (AvgIpc) is 2.97. The highest BCUT2D eigenvalue weighted by molar-refractivity contribution is 9.10. The van der Waals surface area contributed by atoms with Crippen LogP contribution in [0, 0.1) is 0 Å². The van der Waals surface area contributed by atoms with Crippen molar-refractivity contribution in [3.05, 3.63) is 46.7 Å². The van der Waals surface area contributed by atoms with E-state index in [1.54, 1.807) is 24.0 Å². The lowest BCUT2D eigenvalue weighted by molar-refractivity contribution is 0.445. The van der Waals surface area contributed by atoms with E-state index in [4.69, 9.17) is 0 Å². The van der Waals surface area contributed by atoms with E-state index >= 15 is 0 Å². The van der Waals surface area contributed by atoms with Gasteiger partial charge in [-0.3, -0.25) is 0 Å². The summed E-state index contributed by atoms with van der Waals surface area (Å²) in [4.78, 5) is 7.11. The first kappa shape index (κ1) is 19.0. The number of aromatic nitrogens is 2. The van der Waals surface area contributed by atoms with E-state index in [2.05, 4.69) is 44.5 Å². The maximum Gasteiger partial charge on any atom is 0.176 e. The van der Waals surface area contributed by atoms with Gasteiger partial charge in [0.1, 0.15) is 5.65 Å². The first-order valence-corrected chi connectivity index (χ1v) is 12.5. The molecule has 0 amide bonds. The van der Waals surface area contributed by atoms with Gasteiger partial charge in [0.25, 0.3) is 0 Å². The Bertz CT molecular complexity index is 1110. The van der Waals surface area contributed by atoms with Gasteiger partial charge in [-0.05, 0) is 49.6 Å². The molecule has 7 heteroatoms. The second-order valence-electron chi connectivity index (χ2n) is 6.95. The van der Waals surface area contributed by atoms with Gasteiger partial charge in [-0.15, -0.1) is 0 Å². The van der Waals surface area contributed by atoms with Crippen LogP contribution in [-0.4, -0.2) is 24.2 Å². The summed E-state index contributed by atoms with van der Waals surface area (Å²) in [6, 6.07) is 9.78. The van der Waals surface area contributed by atoms with Gasteiger partial charge in [0, 0.05) is 44.9 Å². The van der Waals surface area contributed by atoms with Crippen LogP contribution in [0.15, 0.2) is 55.7 Å². The summed E-state index contributed by atoms with van der Waals surface area (Å²) in [7, 11) is -3.35. The zero-order chi connectivity index (χ0) is 19.2. The van der Waals surface area contributed by atoms with Crippen molar-refractivity contribution in [2.45, 2.75) is 53.3 Å². The number of sulfone groups is 1. The predicted octanol–water partition coefficient (Wildman–Crippen LogP) is 5.64. The summed E-state index contributed by atoms with van der Waals surface area (Å²) in [5.74, 6) is 0.429. The van der Waals surface area contributed by atoms with Gasteiger partial charge >= 0.3 is 0 Å². The number of pyridine rings is 1. The number of hydrogen-bond donors (Lipinski definition) is 0. The van der Waals surface area contributed by atoms with Gasteiger partial charge in [-0.1, -0.05) is 34.6 Å². The van der Waals surface area contributed by atoms with Crippen LogP contribution < -0.4 is 0 Å². The van der Waals surface area contributed by atoms with Crippen LogP contribution in [-0.2, 0) is 16.4 Å². The Labute approximate surface area is 172 Å². The standard InChI is InChI=1S/C20H21BrN2O2S2/c1-3-13-5-4-12-23-18(13)19(26-15-8-6-14(21)7-9-15)17-16(27(2,24)25)10-11-22-20(17)23/h6-11,13H,3-5,12H2,1-2H3. The SMILES string of the molecule is CCC1CCCn2c1c(Sc1ccc(Br)cc1)c1c(S(C)(=O)=O)ccnc12. The van der Waals surface area contributed by atoms with Crippen molar-refractivity contribution in [2.24, 2.45) is 0 Å². The number of hydrogen-bond acceptors (Lipinski definition) is 4. The van der Waals surface area contributed by atoms with E-state index in [0.29, 0.717) is 10.8 Å². The molecular formula is C20H21BrN2O2S2. The molecule has 1 unspecified atom stereocenters. The molecule has 0 N–H and O–H groups in total. The largest absolute Gasteiger partial charge is 0.328 e. The van der Waals surface area contributed by atoms with Crippen molar-refractivity contribution in [2.75, 3.05) is 6.26 Å². The number of nitrogens with zero attached hydrogens (tertiary/aromatic N) is 2. The molecule has 1 aliphatic heterocycles. The smallest absolute Gasteiger partial charge is 0.176 e. The molecule has 0 aliphatic carbocycles. The van der Waals surface area contributed by atoms with Crippen molar-refractivity contribution in [3.8, 4) is 0 Å². The maximum atomic E-state index is 12.5. The van der Waals surface area contributed by atoms with Crippen molar-refractivity contribution >= 4 is 48.6 Å². The second kappa shape index (κ2) is 7.26. The molecule has 0 saturated heterocycles. The van der Waals surface area contributed by atoms with Gasteiger partial charge in [0.2, 0.25) is 0 Å². The number of rotatable bonds is 4. The third-order valence-electron chi connectivity index (χ3n) is 5.15. The van der Waals surface area contributed by atoms with Crippen molar-refractivity contribution in [1.82, 2.24) is 9.55 Å². The quantitative estimate of drug-likeness (QED) is 0.500. The molecule has 1 aromatic carbocycles. The summed E-state index contributed by atoms with van der Waals surface area (Å²) >= 11 is 5.13. The molecule has 27 heavy (non-hydrogen) atoms. The fourth-order valence-corrected chi connectivity index (χ4v) is 6.31. The molecule has 1 atom stereocenters. The number of aryl methyl sites for hydroxylation is 1. The Kier molecular flexibility index (Phi) is 5.12. The first-order chi connectivity index (χ1) is 12.9. The van der Waals surface area contributed by atoms with Gasteiger partial charge in [-0.25, -0.2) is 13.4 Å². The lowest BCUT2D eigenvalue weighted by atomic mass is 9.93. The summed E-state index contributed by atoms with van der Waals surface area (Å²) in [5.41, 5.74) is 2.04. The summed E-state index contributed by atoms with van der Waals surface area (Å²) in [6.45, 7) is 3.10. The van der Waals surface area contributed by atoms with Crippen LogP contribution in [0.1, 0.15) is 37.8 Å². The van der Waals surface area contributed by atoms with Crippen molar-refractivity contribution in [1.29, 1.82) is 0 Å². The molecule has 1 aliphatic rings. The van der Waals surface area contributed by atoms with Crippen LogP contribution in [0.25, 0.3) is 11.0 Å². The summed E-state index contributed by atoms with van der Waals surface area (Å²) in [5, 5.41) is 0.781. The lowest BCUT2D eigenvalue weighted by Crippen LogP contribution is -2.15. The molecule has 0 spiro atoms. The van der Waals surface area contributed by atoms with Gasteiger partial charge in [0.15, 0.2) is 9.84 Å².